The van der Waals surface area contributed by atoms with Gasteiger partial charge >= 0.3 is 0 Å². The summed E-state index contributed by atoms with van der Waals surface area (Å²) < 4.78 is 11.1. The fourth-order valence-electron chi connectivity index (χ4n) is 2.54. The van der Waals surface area contributed by atoms with Gasteiger partial charge in [0.05, 0.1) is 26.2 Å². The van der Waals surface area contributed by atoms with Gasteiger partial charge in [0.1, 0.15) is 0 Å². The quantitative estimate of drug-likeness (QED) is 0.690. The second kappa shape index (κ2) is 10.6. The van der Waals surface area contributed by atoms with Crippen molar-refractivity contribution in [3.05, 3.63) is 53.1 Å². The van der Waals surface area contributed by atoms with Crippen LogP contribution in [0.25, 0.3) is 0 Å². The summed E-state index contributed by atoms with van der Waals surface area (Å²) in [5, 5.41) is 3.40. The number of likely N-dealkylation sites (N-methyl/N-ethyl adjacent to an activating group) is 1. The van der Waals surface area contributed by atoms with Crippen LogP contribution in [0.3, 0.4) is 0 Å². The number of benzene rings is 2. The summed E-state index contributed by atoms with van der Waals surface area (Å²) in [4.78, 5) is 26.0. The van der Waals surface area contributed by atoms with Gasteiger partial charge in [-0.1, -0.05) is 23.7 Å². The van der Waals surface area contributed by atoms with Crippen molar-refractivity contribution in [1.82, 2.24) is 4.90 Å². The van der Waals surface area contributed by atoms with Crippen LogP contribution in [0.5, 0.6) is 11.5 Å². The van der Waals surface area contributed by atoms with Crippen LogP contribution < -0.4 is 14.8 Å². The third-order valence-electron chi connectivity index (χ3n) is 3.90. The number of rotatable bonds is 9. The van der Waals surface area contributed by atoms with Gasteiger partial charge < -0.3 is 19.7 Å². The Bertz CT molecular complexity index is 809. The Morgan fingerprint density at radius 1 is 1.00 bits per heavy atom. The third-order valence-corrected chi connectivity index (χ3v) is 4.15. The van der Waals surface area contributed by atoms with E-state index in [4.69, 9.17) is 21.1 Å². The molecule has 0 radical (unpaired) electrons. The lowest BCUT2D eigenvalue weighted by Gasteiger charge is -2.17. The van der Waals surface area contributed by atoms with E-state index in [1.165, 1.54) is 4.90 Å². The lowest BCUT2D eigenvalue weighted by molar-refractivity contribution is -0.132. The Morgan fingerprint density at radius 3 is 2.29 bits per heavy atom. The molecule has 2 rings (SSSR count). The lowest BCUT2D eigenvalue weighted by atomic mass is 10.1. The molecule has 0 aromatic heterocycles. The topological polar surface area (TPSA) is 67.9 Å². The molecule has 0 fully saturated rings. The molecule has 0 aliphatic heterocycles. The van der Waals surface area contributed by atoms with E-state index in [0.29, 0.717) is 35.4 Å². The molecule has 0 atom stereocenters. The Kier molecular flexibility index (Phi) is 8.14. The minimum Gasteiger partial charge on any atom is -0.490 e. The average Bonchev–Trinajstić information content (AvgIpc) is 2.66. The van der Waals surface area contributed by atoms with Gasteiger partial charge in [0, 0.05) is 23.8 Å². The number of carbonyl (C=O) groups excluding carboxylic acids is 2. The van der Waals surface area contributed by atoms with Crippen LogP contribution in [-0.4, -0.2) is 43.5 Å². The molecule has 7 heteroatoms. The zero-order chi connectivity index (χ0) is 20.5. The van der Waals surface area contributed by atoms with E-state index in [1.54, 1.807) is 49.5 Å². The van der Waals surface area contributed by atoms with Crippen molar-refractivity contribution < 1.29 is 19.1 Å². The van der Waals surface area contributed by atoms with E-state index < -0.39 is 0 Å². The zero-order valence-electron chi connectivity index (χ0n) is 16.3. The molecule has 2 aromatic carbocycles. The third kappa shape index (κ3) is 6.46. The highest BCUT2D eigenvalue weighted by atomic mass is 35.5. The maximum absolute atomic E-state index is 12.3. The number of anilines is 1. The number of amides is 2. The molecule has 2 amide bonds. The van der Waals surface area contributed by atoms with Gasteiger partial charge in [-0.3, -0.25) is 9.59 Å². The number of ether oxygens (including phenoxy) is 2. The Labute approximate surface area is 170 Å². The summed E-state index contributed by atoms with van der Waals surface area (Å²) in [7, 11) is 1.60. The standard InChI is InChI=1S/C21H25ClN2O4/c1-4-27-18-11-10-17(13-19(18)28-5-2)23-20(25)14-24(3)21(26)12-15-6-8-16(22)9-7-15/h6-11,13H,4-5,12,14H2,1-3H3,(H,23,25). The largest absolute Gasteiger partial charge is 0.490 e. The minimum absolute atomic E-state index is 0.0520. The van der Waals surface area contributed by atoms with E-state index in [2.05, 4.69) is 5.32 Å². The molecule has 0 saturated heterocycles. The molecular formula is C21H25ClN2O4. The molecule has 28 heavy (non-hydrogen) atoms. The van der Waals surface area contributed by atoms with Crippen molar-refractivity contribution in [1.29, 1.82) is 0 Å². The number of nitrogens with one attached hydrogen (secondary N) is 1. The lowest BCUT2D eigenvalue weighted by Crippen LogP contribution is -2.35. The van der Waals surface area contributed by atoms with Gasteiger partial charge in [0.2, 0.25) is 11.8 Å². The number of hydrogen-bond acceptors (Lipinski definition) is 4. The highest BCUT2D eigenvalue weighted by Gasteiger charge is 2.15. The predicted molar refractivity (Wildman–Crippen MR) is 110 cm³/mol. The van der Waals surface area contributed by atoms with Crippen molar-refractivity contribution in [2.45, 2.75) is 20.3 Å². The number of nitrogens with zero attached hydrogens (tertiary/aromatic N) is 1. The maximum atomic E-state index is 12.3. The molecular weight excluding hydrogens is 380 g/mol. The smallest absolute Gasteiger partial charge is 0.243 e. The molecule has 150 valence electrons. The average molecular weight is 405 g/mol. The van der Waals surface area contributed by atoms with Gasteiger partial charge in [0.25, 0.3) is 0 Å². The maximum Gasteiger partial charge on any atom is 0.243 e. The first-order valence-electron chi connectivity index (χ1n) is 9.10. The molecule has 6 nitrogen and oxygen atoms in total. The van der Waals surface area contributed by atoms with E-state index >= 15 is 0 Å². The van der Waals surface area contributed by atoms with Gasteiger partial charge in [0.15, 0.2) is 11.5 Å². The summed E-state index contributed by atoms with van der Waals surface area (Å²) in [6, 6.07) is 12.3. The summed E-state index contributed by atoms with van der Waals surface area (Å²) in [5.41, 5.74) is 1.42. The molecule has 0 spiro atoms. The van der Waals surface area contributed by atoms with Gasteiger partial charge in [-0.2, -0.15) is 0 Å². The summed E-state index contributed by atoms with van der Waals surface area (Å²) in [5.74, 6) is 0.740. The van der Waals surface area contributed by atoms with Crippen molar-refractivity contribution in [2.75, 3.05) is 32.1 Å². The van der Waals surface area contributed by atoms with Gasteiger partial charge in [-0.05, 0) is 43.7 Å². The van der Waals surface area contributed by atoms with E-state index in [-0.39, 0.29) is 24.8 Å². The van der Waals surface area contributed by atoms with Crippen molar-refractivity contribution in [2.24, 2.45) is 0 Å². The molecule has 0 saturated carbocycles. The number of halogens is 1. The normalized spacial score (nSPS) is 10.3. The van der Waals surface area contributed by atoms with E-state index in [1.807, 2.05) is 13.8 Å². The van der Waals surface area contributed by atoms with Gasteiger partial charge in [-0.25, -0.2) is 0 Å². The number of hydrogen-bond donors (Lipinski definition) is 1. The fourth-order valence-corrected chi connectivity index (χ4v) is 2.67. The van der Waals surface area contributed by atoms with Crippen molar-refractivity contribution >= 4 is 29.1 Å². The van der Waals surface area contributed by atoms with Crippen LogP contribution >= 0.6 is 11.6 Å². The molecule has 0 aliphatic carbocycles. The first-order valence-corrected chi connectivity index (χ1v) is 9.48. The second-order valence-corrected chi connectivity index (χ2v) is 6.57. The minimum atomic E-state index is -0.293. The predicted octanol–water partition coefficient (Wildman–Crippen LogP) is 3.78. The van der Waals surface area contributed by atoms with Crippen molar-refractivity contribution in [3.63, 3.8) is 0 Å². The molecule has 1 N–H and O–H groups in total. The second-order valence-electron chi connectivity index (χ2n) is 6.13. The van der Waals surface area contributed by atoms with Crippen LogP contribution in [0.15, 0.2) is 42.5 Å². The highest BCUT2D eigenvalue weighted by Crippen LogP contribution is 2.30. The summed E-state index contributed by atoms with van der Waals surface area (Å²) >= 11 is 5.85. The summed E-state index contributed by atoms with van der Waals surface area (Å²) in [6.07, 6.45) is 0.207. The fraction of sp³-hybridized carbons (Fsp3) is 0.333. The van der Waals surface area contributed by atoms with E-state index in [9.17, 15) is 9.59 Å². The van der Waals surface area contributed by atoms with Crippen LogP contribution in [-0.2, 0) is 16.0 Å². The number of carbonyl (C=O) groups is 2. The Hall–Kier alpha value is -2.73. The van der Waals surface area contributed by atoms with Crippen molar-refractivity contribution in [3.8, 4) is 11.5 Å². The molecule has 2 aromatic rings. The van der Waals surface area contributed by atoms with Crippen LogP contribution in [0.2, 0.25) is 5.02 Å². The highest BCUT2D eigenvalue weighted by molar-refractivity contribution is 6.30. The first kappa shape index (κ1) is 21.6. The zero-order valence-corrected chi connectivity index (χ0v) is 17.1. The summed E-state index contributed by atoms with van der Waals surface area (Å²) in [6.45, 7) is 4.72. The first-order chi connectivity index (χ1) is 13.4. The Morgan fingerprint density at radius 2 is 1.64 bits per heavy atom. The SMILES string of the molecule is CCOc1ccc(NC(=O)CN(C)C(=O)Cc2ccc(Cl)cc2)cc1OCC. The van der Waals surface area contributed by atoms with Crippen LogP contribution in [0, 0.1) is 0 Å². The van der Waals surface area contributed by atoms with E-state index in [0.717, 1.165) is 5.56 Å². The molecule has 0 bridgehead atoms. The van der Waals surface area contributed by atoms with Gasteiger partial charge in [-0.15, -0.1) is 0 Å². The molecule has 0 heterocycles. The molecule has 0 aliphatic rings. The molecule has 0 unspecified atom stereocenters. The van der Waals surface area contributed by atoms with Crippen LogP contribution in [0.1, 0.15) is 19.4 Å². The Balaban J connectivity index is 1.94. The van der Waals surface area contributed by atoms with Crippen LogP contribution in [0.4, 0.5) is 5.69 Å². The monoisotopic (exact) mass is 404 g/mol.